The van der Waals surface area contributed by atoms with Crippen molar-refractivity contribution in [2.45, 2.75) is 44.1 Å². The number of aromatic nitrogens is 1. The quantitative estimate of drug-likeness (QED) is 0.188. The summed E-state index contributed by atoms with van der Waals surface area (Å²) in [5.41, 5.74) is 0.374. The number of nitrogens with one attached hydrogen (secondary N) is 1. The Hall–Kier alpha value is -4.23. The normalized spacial score (nSPS) is 16.4. The fourth-order valence-corrected chi connectivity index (χ4v) is 6.47. The van der Waals surface area contributed by atoms with E-state index in [0.717, 1.165) is 50.7 Å². The number of fused-ring (bicyclic) bond motifs is 2. The van der Waals surface area contributed by atoms with Crippen molar-refractivity contribution in [3.63, 3.8) is 0 Å². The van der Waals surface area contributed by atoms with E-state index in [-0.39, 0.29) is 6.42 Å². The number of rotatable bonds is 10. The summed E-state index contributed by atoms with van der Waals surface area (Å²) < 4.78 is 81.7. The molecule has 1 aromatic heterocycles. The van der Waals surface area contributed by atoms with Crippen LogP contribution in [0.15, 0.2) is 67.0 Å². The van der Waals surface area contributed by atoms with Gasteiger partial charge in [0.2, 0.25) is 5.91 Å². The zero-order valence-corrected chi connectivity index (χ0v) is 26.5. The Bertz CT molecular complexity index is 1800. The van der Waals surface area contributed by atoms with Crippen LogP contribution in [0.4, 0.5) is 26.3 Å². The Labute approximate surface area is 273 Å². The molecule has 1 fully saturated rings. The summed E-state index contributed by atoms with van der Waals surface area (Å²) >= 11 is 0. The lowest BCUT2D eigenvalue weighted by Gasteiger charge is -2.42. The Morgan fingerprint density at radius 3 is 2.29 bits per heavy atom. The smallest absolute Gasteiger partial charge is 0.403 e. The lowest BCUT2D eigenvalue weighted by atomic mass is 9.76. The molecule has 7 nitrogen and oxygen atoms in total. The highest BCUT2D eigenvalue weighted by molar-refractivity contribution is 6.06. The molecule has 1 aliphatic rings. The van der Waals surface area contributed by atoms with Gasteiger partial charge >= 0.3 is 18.3 Å². The van der Waals surface area contributed by atoms with Gasteiger partial charge in [-0.2, -0.15) is 26.3 Å². The molecule has 2 N–H and O–H groups in total. The maximum Gasteiger partial charge on any atom is 0.403 e. The number of likely N-dealkylation sites (N-methyl/N-ethyl adjacent to an activating group) is 1. The highest BCUT2D eigenvalue weighted by atomic mass is 19.4. The number of benzene rings is 3. The van der Waals surface area contributed by atoms with Crippen LogP contribution in [0.5, 0.6) is 0 Å². The highest BCUT2D eigenvalue weighted by Gasteiger charge is 2.61. The number of halogens is 6. The molecule has 1 atom stereocenters. The minimum atomic E-state index is -5.10. The number of hydrogen-bond acceptors (Lipinski definition) is 5. The molecule has 0 spiro atoms. The molecule has 1 amide bonds. The van der Waals surface area contributed by atoms with E-state index in [2.05, 4.69) is 27.3 Å². The monoisotopic (exact) mass is 674 g/mol. The van der Waals surface area contributed by atoms with Crippen LogP contribution in [0.25, 0.3) is 32.7 Å². The van der Waals surface area contributed by atoms with Gasteiger partial charge < -0.3 is 15.3 Å². The van der Waals surface area contributed by atoms with Gasteiger partial charge in [-0.3, -0.25) is 14.7 Å². The molecule has 1 saturated heterocycles. The average Bonchev–Trinajstić information content (AvgIpc) is 3.02. The molecule has 1 aliphatic heterocycles. The summed E-state index contributed by atoms with van der Waals surface area (Å²) in [4.78, 5) is 32.9. The minimum absolute atomic E-state index is 0.318. The second kappa shape index (κ2) is 13.7. The van der Waals surface area contributed by atoms with E-state index in [4.69, 9.17) is 0 Å². The Kier molecular flexibility index (Phi) is 10.0. The zero-order chi connectivity index (χ0) is 34.9. The summed E-state index contributed by atoms with van der Waals surface area (Å²) in [5.74, 6) is -3.09. The maximum absolute atomic E-state index is 14.4. The van der Waals surface area contributed by atoms with E-state index in [1.807, 2.05) is 38.4 Å². The number of amides is 1. The summed E-state index contributed by atoms with van der Waals surface area (Å²) in [6.07, 6.45) is -7.56. The number of pyridine rings is 1. The number of carbonyl (C=O) groups excluding carboxylic acids is 1. The number of likely N-dealkylation sites (tertiary alicyclic amines) is 1. The number of hydrogen-bond donors (Lipinski definition) is 2. The number of carbonyl (C=O) groups is 2. The van der Waals surface area contributed by atoms with E-state index in [0.29, 0.717) is 10.9 Å². The van der Waals surface area contributed by atoms with E-state index in [1.54, 1.807) is 30.6 Å². The van der Waals surface area contributed by atoms with Crippen molar-refractivity contribution in [1.29, 1.82) is 0 Å². The van der Waals surface area contributed by atoms with Gasteiger partial charge in [0.25, 0.3) is 0 Å². The largest absolute Gasteiger partial charge is 0.480 e. The van der Waals surface area contributed by atoms with Gasteiger partial charge in [-0.05, 0) is 90.9 Å². The van der Waals surface area contributed by atoms with Crippen molar-refractivity contribution in [1.82, 2.24) is 20.1 Å². The second-order valence-electron chi connectivity index (χ2n) is 12.7. The van der Waals surface area contributed by atoms with E-state index < -0.39 is 68.2 Å². The number of aliphatic carboxylic acids is 1. The van der Waals surface area contributed by atoms with Crippen LogP contribution in [0.2, 0.25) is 0 Å². The van der Waals surface area contributed by atoms with Gasteiger partial charge in [0, 0.05) is 30.7 Å². The molecular formula is C35H36F6N4O3. The third-order valence-corrected chi connectivity index (χ3v) is 9.08. The summed E-state index contributed by atoms with van der Waals surface area (Å²) in [6.45, 7) is -1.79. The van der Waals surface area contributed by atoms with E-state index in [1.165, 1.54) is 0 Å². The number of alkyl halides is 6. The molecule has 3 aromatic carbocycles. The first kappa shape index (κ1) is 35.1. The van der Waals surface area contributed by atoms with Crippen molar-refractivity contribution >= 4 is 33.4 Å². The predicted octanol–water partition coefficient (Wildman–Crippen LogP) is 6.48. The molecule has 48 heavy (non-hydrogen) atoms. The van der Waals surface area contributed by atoms with Gasteiger partial charge in [-0.15, -0.1) is 0 Å². The van der Waals surface area contributed by atoms with Crippen LogP contribution < -0.4 is 5.32 Å². The lowest BCUT2D eigenvalue weighted by Crippen LogP contribution is -2.59. The molecule has 0 saturated carbocycles. The van der Waals surface area contributed by atoms with Crippen molar-refractivity contribution in [2.24, 2.45) is 5.41 Å². The Balaban J connectivity index is 1.46. The first-order valence-electron chi connectivity index (χ1n) is 15.5. The third-order valence-electron chi connectivity index (χ3n) is 9.08. The summed E-state index contributed by atoms with van der Waals surface area (Å²) in [6, 6.07) is 15.3. The lowest BCUT2D eigenvalue weighted by molar-refractivity contribution is -0.236. The second-order valence-corrected chi connectivity index (χ2v) is 12.7. The maximum atomic E-state index is 14.4. The van der Waals surface area contributed by atoms with Crippen LogP contribution in [0, 0.1) is 5.41 Å². The Morgan fingerprint density at radius 2 is 1.65 bits per heavy atom. The predicted molar refractivity (Wildman–Crippen MR) is 170 cm³/mol. The van der Waals surface area contributed by atoms with Crippen molar-refractivity contribution in [2.75, 3.05) is 40.3 Å². The SMILES string of the molecule is CN(C)CCc1cc(-c2cccc3c(C[C@H](NC(=O)C4(C(F)(F)F)CCN(CC(F)(F)F)CC4)C(=O)O)cccc23)c2cnccc2c1. The average molecular weight is 675 g/mol. The van der Waals surface area contributed by atoms with Crippen LogP contribution in [-0.4, -0.2) is 90.4 Å². The van der Waals surface area contributed by atoms with Gasteiger partial charge in [0.15, 0.2) is 0 Å². The Morgan fingerprint density at radius 1 is 0.958 bits per heavy atom. The summed E-state index contributed by atoms with van der Waals surface area (Å²) in [5, 5.41) is 15.5. The van der Waals surface area contributed by atoms with Crippen molar-refractivity contribution < 1.29 is 41.0 Å². The first-order chi connectivity index (χ1) is 22.6. The minimum Gasteiger partial charge on any atom is -0.480 e. The molecular weight excluding hydrogens is 638 g/mol. The number of carboxylic acid groups (broad SMARTS) is 1. The van der Waals surface area contributed by atoms with Gasteiger partial charge in [-0.1, -0.05) is 48.5 Å². The number of nitrogens with zero attached hydrogens (tertiary/aromatic N) is 3. The molecule has 0 radical (unpaired) electrons. The van der Waals surface area contributed by atoms with E-state index in [9.17, 15) is 41.0 Å². The molecule has 0 unspecified atom stereocenters. The molecule has 0 aliphatic carbocycles. The van der Waals surface area contributed by atoms with Gasteiger partial charge in [0.1, 0.15) is 11.5 Å². The van der Waals surface area contributed by atoms with Crippen LogP contribution in [0.3, 0.4) is 0 Å². The fourth-order valence-electron chi connectivity index (χ4n) is 6.47. The van der Waals surface area contributed by atoms with E-state index >= 15 is 0 Å². The van der Waals surface area contributed by atoms with Crippen molar-refractivity contribution in [3.05, 3.63) is 78.1 Å². The van der Waals surface area contributed by atoms with Crippen LogP contribution >= 0.6 is 0 Å². The van der Waals surface area contributed by atoms with Crippen LogP contribution in [0.1, 0.15) is 24.0 Å². The highest BCUT2D eigenvalue weighted by Crippen LogP contribution is 2.47. The molecule has 13 heteroatoms. The molecule has 4 aromatic rings. The topological polar surface area (TPSA) is 85.8 Å². The number of piperidine rings is 1. The standard InChI is InChI=1S/C35H36F6N4O3/c1-44(2)14-10-22-17-24-9-13-42-20-29(24)28(18-22)27-8-4-6-25-23(5-3-7-26(25)27)19-30(31(46)47)43-32(48)33(35(39,40)41)11-15-45(16-12-33)21-34(36,37)38/h3-9,13,17-18,20,30H,10-12,14-16,19,21H2,1-2H3,(H,43,48)(H,46,47)/t30-/m0/s1. The van der Waals surface area contributed by atoms with Gasteiger partial charge in [-0.25, -0.2) is 4.79 Å². The molecule has 256 valence electrons. The first-order valence-corrected chi connectivity index (χ1v) is 15.5. The molecule has 0 bridgehead atoms. The van der Waals surface area contributed by atoms with Crippen LogP contribution in [-0.2, 0) is 22.4 Å². The zero-order valence-electron chi connectivity index (χ0n) is 26.5. The summed E-state index contributed by atoms with van der Waals surface area (Å²) in [7, 11) is 3.99. The van der Waals surface area contributed by atoms with Crippen molar-refractivity contribution in [3.8, 4) is 11.1 Å². The molecule has 5 rings (SSSR count). The van der Waals surface area contributed by atoms with Gasteiger partial charge in [0.05, 0.1) is 6.54 Å². The molecule has 2 heterocycles. The number of carboxylic acids is 1. The fraction of sp³-hybridized carbons (Fsp3) is 0.400. The third kappa shape index (κ3) is 7.57.